The van der Waals surface area contributed by atoms with Crippen molar-refractivity contribution in [3.8, 4) is 0 Å². The van der Waals surface area contributed by atoms with Gasteiger partial charge in [0.1, 0.15) is 0 Å². The molecule has 4 rings (SSSR count). The second-order valence-electron chi connectivity index (χ2n) is 7.97. The van der Waals surface area contributed by atoms with Crippen LogP contribution in [-0.4, -0.2) is 49.4 Å². The van der Waals surface area contributed by atoms with E-state index < -0.39 is 12.4 Å². The number of hydrogen-bond acceptors (Lipinski definition) is 5. The third-order valence-electron chi connectivity index (χ3n) is 5.66. The van der Waals surface area contributed by atoms with Crippen LogP contribution in [-0.2, 0) is 16.1 Å². The number of halogens is 3. The van der Waals surface area contributed by atoms with Crippen molar-refractivity contribution < 1.29 is 22.7 Å². The molecule has 0 radical (unpaired) electrons. The van der Waals surface area contributed by atoms with Gasteiger partial charge in [0.05, 0.1) is 6.54 Å². The molecule has 1 amide bonds. The summed E-state index contributed by atoms with van der Waals surface area (Å²) >= 11 is 0. The molecule has 0 aromatic heterocycles. The zero-order valence-corrected chi connectivity index (χ0v) is 17.7. The topological polar surface area (TPSA) is 57.2 Å². The van der Waals surface area contributed by atoms with Crippen LogP contribution < -0.4 is 10.2 Å². The average Bonchev–Trinajstić information content (AvgIpc) is 3.21. The number of hydrogen-bond donors (Lipinski definition) is 1. The Hall–Kier alpha value is -3.07. The minimum Gasteiger partial charge on any atom is -0.441 e. The zero-order chi connectivity index (χ0) is 22.7. The van der Waals surface area contributed by atoms with E-state index in [1.54, 1.807) is 29.2 Å². The Bertz CT molecular complexity index is 957. The summed E-state index contributed by atoms with van der Waals surface area (Å²) in [5, 5.41) is 7.91. The summed E-state index contributed by atoms with van der Waals surface area (Å²) in [6.07, 6.45) is -5.03. The monoisotopic (exact) mass is 446 g/mol. The zero-order valence-electron chi connectivity index (χ0n) is 17.7. The summed E-state index contributed by atoms with van der Waals surface area (Å²) in [5.74, 6) is -0.0289. The quantitative estimate of drug-likeness (QED) is 0.761. The number of piperidine rings is 1. The summed E-state index contributed by atoms with van der Waals surface area (Å²) in [7, 11) is 1.23. The molecule has 1 atom stereocenters. The Morgan fingerprint density at radius 3 is 2.38 bits per heavy atom. The summed E-state index contributed by atoms with van der Waals surface area (Å²) in [6.45, 7) is 2.01. The lowest BCUT2D eigenvalue weighted by molar-refractivity contribution is -0.230. The normalized spacial score (nSPS) is 19.4. The van der Waals surface area contributed by atoms with E-state index in [-0.39, 0.29) is 17.7 Å². The summed E-state index contributed by atoms with van der Waals surface area (Å²) in [6, 6.07) is 16.4. The Morgan fingerprint density at radius 2 is 1.78 bits per heavy atom. The summed E-state index contributed by atoms with van der Waals surface area (Å²) in [4.78, 5) is 15.1. The molecular formula is C23H25F3N4O2. The molecule has 0 bridgehead atoms. The van der Waals surface area contributed by atoms with Crippen molar-refractivity contribution in [1.82, 2.24) is 10.3 Å². The lowest BCUT2D eigenvalue weighted by atomic mass is 9.96. The Labute approximate surface area is 184 Å². The van der Waals surface area contributed by atoms with Gasteiger partial charge in [0, 0.05) is 24.2 Å². The van der Waals surface area contributed by atoms with Gasteiger partial charge in [-0.25, -0.2) is 5.01 Å². The molecule has 170 valence electrons. The van der Waals surface area contributed by atoms with E-state index in [1.807, 2.05) is 30.3 Å². The molecule has 6 nitrogen and oxygen atoms in total. The third-order valence-corrected chi connectivity index (χ3v) is 5.66. The molecule has 2 aliphatic rings. The predicted octanol–water partition coefficient (Wildman–Crippen LogP) is 3.73. The summed E-state index contributed by atoms with van der Waals surface area (Å²) < 4.78 is 44.1. The Morgan fingerprint density at radius 1 is 1.12 bits per heavy atom. The molecule has 1 saturated heterocycles. The van der Waals surface area contributed by atoms with E-state index in [0.717, 1.165) is 42.2 Å². The molecular weight excluding hydrogens is 421 g/mol. The summed E-state index contributed by atoms with van der Waals surface area (Å²) in [5.41, 5.74) is 2.13. The number of hydrazone groups is 1. The SMILES string of the molecule is CN1N=C(c2ccc(CN(C(=O)C3CCNCC3)c3ccccc3)cc2)OC1C(F)(F)F. The van der Waals surface area contributed by atoms with Crippen LogP contribution in [0.1, 0.15) is 24.0 Å². The number of ether oxygens (including phenoxy) is 1. The first-order valence-corrected chi connectivity index (χ1v) is 10.5. The van der Waals surface area contributed by atoms with E-state index in [0.29, 0.717) is 12.1 Å². The standard InChI is InChI=1S/C23H25F3N4O2/c1-29-22(23(24,25)26)32-20(28-29)17-9-7-16(8-10-17)15-30(19-5-3-2-4-6-19)21(31)18-11-13-27-14-12-18/h2-10,18,22,27H,11-15H2,1H3. The largest absolute Gasteiger partial charge is 0.447 e. The first kappa shape index (κ1) is 22.1. The van der Waals surface area contributed by atoms with Crippen LogP contribution in [0.15, 0.2) is 59.7 Å². The van der Waals surface area contributed by atoms with Crippen LogP contribution in [0.25, 0.3) is 0 Å². The molecule has 0 aliphatic carbocycles. The fourth-order valence-corrected chi connectivity index (χ4v) is 3.93. The van der Waals surface area contributed by atoms with E-state index in [4.69, 9.17) is 4.74 Å². The van der Waals surface area contributed by atoms with Gasteiger partial charge < -0.3 is 15.0 Å². The number of rotatable bonds is 5. The predicted molar refractivity (Wildman–Crippen MR) is 115 cm³/mol. The number of amides is 1. The molecule has 0 saturated carbocycles. The highest BCUT2D eigenvalue weighted by atomic mass is 19.4. The van der Waals surface area contributed by atoms with Crippen LogP contribution in [0, 0.1) is 5.92 Å². The number of benzene rings is 2. The third kappa shape index (κ3) is 4.88. The van der Waals surface area contributed by atoms with Gasteiger partial charge >= 0.3 is 6.18 Å². The minimum absolute atomic E-state index is 0.0354. The van der Waals surface area contributed by atoms with E-state index >= 15 is 0 Å². The van der Waals surface area contributed by atoms with Crippen LogP contribution in [0.2, 0.25) is 0 Å². The van der Waals surface area contributed by atoms with Crippen LogP contribution >= 0.6 is 0 Å². The fraction of sp³-hybridized carbons (Fsp3) is 0.391. The first-order valence-electron chi connectivity index (χ1n) is 10.5. The Balaban J connectivity index is 1.51. The lowest BCUT2D eigenvalue weighted by Gasteiger charge is -2.30. The van der Waals surface area contributed by atoms with Crippen molar-refractivity contribution in [2.45, 2.75) is 31.8 Å². The van der Waals surface area contributed by atoms with Crippen molar-refractivity contribution in [2.75, 3.05) is 25.0 Å². The molecule has 1 unspecified atom stereocenters. The molecule has 32 heavy (non-hydrogen) atoms. The number of anilines is 1. The molecule has 2 aromatic rings. The minimum atomic E-state index is -4.54. The van der Waals surface area contributed by atoms with Crippen LogP contribution in [0.3, 0.4) is 0 Å². The molecule has 2 aromatic carbocycles. The maximum atomic E-state index is 13.3. The van der Waals surface area contributed by atoms with E-state index in [2.05, 4.69) is 10.4 Å². The smallest absolute Gasteiger partial charge is 0.441 e. The molecule has 1 N–H and O–H groups in total. The van der Waals surface area contributed by atoms with Crippen molar-refractivity contribution in [1.29, 1.82) is 0 Å². The van der Waals surface area contributed by atoms with Crippen molar-refractivity contribution >= 4 is 17.5 Å². The molecule has 9 heteroatoms. The van der Waals surface area contributed by atoms with Gasteiger partial charge in [0.2, 0.25) is 11.8 Å². The highest BCUT2D eigenvalue weighted by molar-refractivity contribution is 5.96. The fourth-order valence-electron chi connectivity index (χ4n) is 3.93. The van der Waals surface area contributed by atoms with Gasteiger partial charge in [0.25, 0.3) is 6.23 Å². The highest BCUT2D eigenvalue weighted by Crippen LogP contribution is 2.30. The Kier molecular flexibility index (Phi) is 6.36. The van der Waals surface area contributed by atoms with Crippen molar-refractivity contribution in [3.63, 3.8) is 0 Å². The maximum absolute atomic E-state index is 13.3. The van der Waals surface area contributed by atoms with Gasteiger partial charge in [-0.15, -0.1) is 5.10 Å². The van der Waals surface area contributed by atoms with Gasteiger partial charge in [-0.05, 0) is 55.8 Å². The second-order valence-corrected chi connectivity index (χ2v) is 7.97. The van der Waals surface area contributed by atoms with Crippen molar-refractivity contribution in [3.05, 3.63) is 65.7 Å². The van der Waals surface area contributed by atoms with Gasteiger partial charge in [-0.3, -0.25) is 4.79 Å². The van der Waals surface area contributed by atoms with Gasteiger partial charge in [0.15, 0.2) is 0 Å². The molecule has 2 heterocycles. The van der Waals surface area contributed by atoms with Gasteiger partial charge in [-0.2, -0.15) is 13.2 Å². The number of carbonyl (C=O) groups excluding carboxylic acids is 1. The highest BCUT2D eigenvalue weighted by Gasteiger charge is 2.48. The van der Waals surface area contributed by atoms with E-state index in [9.17, 15) is 18.0 Å². The number of nitrogens with zero attached hydrogens (tertiary/aromatic N) is 3. The second kappa shape index (κ2) is 9.20. The lowest BCUT2D eigenvalue weighted by Crippen LogP contribution is -2.40. The molecule has 2 aliphatic heterocycles. The van der Waals surface area contributed by atoms with Crippen LogP contribution in [0.4, 0.5) is 18.9 Å². The van der Waals surface area contributed by atoms with Crippen LogP contribution in [0.5, 0.6) is 0 Å². The van der Waals surface area contributed by atoms with Crippen molar-refractivity contribution in [2.24, 2.45) is 11.0 Å². The maximum Gasteiger partial charge on any atom is 0.447 e. The number of carbonyl (C=O) groups is 1. The number of para-hydroxylation sites is 1. The van der Waals surface area contributed by atoms with Gasteiger partial charge in [-0.1, -0.05) is 30.3 Å². The molecule has 0 spiro atoms. The average molecular weight is 446 g/mol. The number of alkyl halides is 3. The molecule has 1 fully saturated rings. The van der Waals surface area contributed by atoms with E-state index in [1.165, 1.54) is 7.05 Å². The number of nitrogens with one attached hydrogen (secondary N) is 1. The first-order chi connectivity index (χ1) is 15.3.